The minimum Gasteiger partial charge on any atom is -0.469 e. The molecule has 1 fully saturated rings. The Labute approximate surface area is 609 Å². The van der Waals surface area contributed by atoms with E-state index in [1.165, 1.54) is 57.8 Å². The van der Waals surface area contributed by atoms with Crippen molar-refractivity contribution in [2.45, 2.75) is 355 Å². The number of hydrogen-bond donors (Lipinski definition) is 7. The molecule has 14 heteroatoms. The first kappa shape index (κ1) is 114. The Morgan fingerprint density at radius 1 is 0.464 bits per heavy atom. The topological polar surface area (TPSA) is 191 Å². The molecule has 1 amide bonds. The van der Waals surface area contributed by atoms with Crippen LogP contribution in [0.25, 0.3) is 0 Å². The van der Waals surface area contributed by atoms with Crippen LogP contribution in [0.2, 0.25) is 0 Å². The molecule has 1 rings (SSSR count). The third-order valence-electron chi connectivity index (χ3n) is 19.1. The summed E-state index contributed by atoms with van der Waals surface area (Å²) in [6.45, 7) is 66.4. The number of hydrogen-bond acceptors (Lipinski definition) is 10. The normalized spacial score (nSPS) is 15.4. The van der Waals surface area contributed by atoms with Crippen molar-refractivity contribution in [1.82, 2.24) is 0 Å². The number of rotatable bonds is 38. The number of thioether (sulfide) groups is 1. The van der Waals surface area contributed by atoms with E-state index in [9.17, 15) is 33.0 Å². The molecule has 596 valence electrons. The minimum absolute atomic E-state index is 0.0677. The maximum atomic E-state index is 12.2. The molecule has 10 nitrogen and oxygen atoms in total. The third-order valence-corrected chi connectivity index (χ3v) is 19.7. The number of primary amides is 1. The predicted molar refractivity (Wildman–Crippen MR) is 423 cm³/mol. The van der Waals surface area contributed by atoms with Crippen molar-refractivity contribution >= 4 is 23.6 Å². The summed E-state index contributed by atoms with van der Waals surface area (Å²) in [7, 11) is 1.45. The fourth-order valence-electron chi connectivity index (χ4n) is 10.3. The van der Waals surface area contributed by atoms with Gasteiger partial charge in [0.15, 0.2) is 0 Å². The molecule has 1 aliphatic rings. The van der Waals surface area contributed by atoms with Gasteiger partial charge in [-0.05, 0) is 170 Å². The second-order valence-electron chi connectivity index (χ2n) is 32.1. The summed E-state index contributed by atoms with van der Waals surface area (Å²) in [6.07, 6.45) is 18.5. The van der Waals surface area contributed by atoms with Gasteiger partial charge in [0, 0.05) is 32.3 Å². The van der Waals surface area contributed by atoms with Gasteiger partial charge in [-0.1, -0.05) is 285 Å². The molecule has 11 atom stereocenters. The Bertz CT molecular complexity index is 1550. The zero-order valence-corrected chi connectivity index (χ0v) is 71.6. The number of amides is 1. The van der Waals surface area contributed by atoms with E-state index in [2.05, 4.69) is 191 Å². The van der Waals surface area contributed by atoms with Gasteiger partial charge < -0.3 is 41.1 Å². The average Bonchev–Trinajstić information content (AvgIpc) is 1.57. The highest BCUT2D eigenvalue weighted by Gasteiger charge is 2.40. The molecule has 97 heavy (non-hydrogen) atoms. The van der Waals surface area contributed by atoms with Gasteiger partial charge in [0.2, 0.25) is 5.91 Å². The molecule has 0 heterocycles. The van der Waals surface area contributed by atoms with Crippen molar-refractivity contribution in [1.29, 1.82) is 0 Å². The number of aliphatic hydroxyl groups is 6. The Kier molecular flexibility index (Phi) is 87.9. The van der Waals surface area contributed by atoms with E-state index in [1.54, 1.807) is 20.8 Å². The second kappa shape index (κ2) is 74.6. The molecular formula is C83H178F3NO9S. The molecule has 1 aliphatic carbocycles. The summed E-state index contributed by atoms with van der Waals surface area (Å²) in [5.74, 6) is 9.83. The fraction of sp³-hybridized carbons (Fsp3) is 0.976. The molecule has 0 radical (unpaired) electrons. The fourth-order valence-corrected chi connectivity index (χ4v) is 10.9. The first-order valence-corrected chi connectivity index (χ1v) is 40.9. The smallest absolute Gasteiger partial charge is 0.392 e. The van der Waals surface area contributed by atoms with Crippen LogP contribution in [0.5, 0.6) is 0 Å². The highest BCUT2D eigenvalue weighted by Crippen LogP contribution is 2.37. The summed E-state index contributed by atoms with van der Waals surface area (Å²) >= 11 is 1.85. The van der Waals surface area contributed by atoms with Crippen molar-refractivity contribution < 1.29 is 58.1 Å². The van der Waals surface area contributed by atoms with Gasteiger partial charge in [0.25, 0.3) is 0 Å². The first-order valence-electron chi connectivity index (χ1n) is 39.5. The lowest BCUT2D eigenvalue weighted by molar-refractivity contribution is -0.187. The van der Waals surface area contributed by atoms with Crippen molar-refractivity contribution in [2.75, 3.05) is 45.5 Å². The molecule has 0 aromatic carbocycles. The molecule has 0 saturated heterocycles. The summed E-state index contributed by atoms with van der Waals surface area (Å²) in [4.78, 5) is 21.9. The van der Waals surface area contributed by atoms with E-state index in [0.29, 0.717) is 116 Å². The van der Waals surface area contributed by atoms with Gasteiger partial charge in [0.05, 0.1) is 31.2 Å². The molecule has 0 aromatic heterocycles. The van der Waals surface area contributed by atoms with Gasteiger partial charge in [0.1, 0.15) is 0 Å². The molecule has 0 aliphatic heterocycles. The molecular weight excluding hydrogens is 1240 g/mol. The van der Waals surface area contributed by atoms with E-state index in [-0.39, 0.29) is 48.3 Å². The average molecular weight is 1420 g/mol. The Hall–Kier alpha value is -1.16. The number of alkyl halides is 3. The molecule has 1 saturated carbocycles. The minimum atomic E-state index is -4.01. The van der Waals surface area contributed by atoms with Crippen LogP contribution in [-0.2, 0) is 14.3 Å². The molecule has 0 unspecified atom stereocenters. The van der Waals surface area contributed by atoms with Gasteiger partial charge in [-0.25, -0.2) is 0 Å². The second-order valence-corrected chi connectivity index (χ2v) is 33.1. The van der Waals surface area contributed by atoms with Crippen molar-refractivity contribution in [2.24, 2.45) is 130 Å². The number of nitrogens with two attached hydrogens (primary N) is 1. The van der Waals surface area contributed by atoms with E-state index < -0.39 is 12.1 Å². The van der Waals surface area contributed by atoms with Crippen LogP contribution in [0.4, 0.5) is 13.2 Å². The predicted octanol–water partition coefficient (Wildman–Crippen LogP) is 23.1. The van der Waals surface area contributed by atoms with Crippen LogP contribution in [-0.4, -0.2) is 106 Å². The Morgan fingerprint density at radius 3 is 1.04 bits per heavy atom. The lowest BCUT2D eigenvalue weighted by Gasteiger charge is -2.22. The van der Waals surface area contributed by atoms with Gasteiger partial charge in [-0.3, -0.25) is 9.59 Å². The zero-order valence-electron chi connectivity index (χ0n) is 70.8. The number of carbonyl (C=O) groups is 2. The van der Waals surface area contributed by atoms with Crippen molar-refractivity contribution in [3.05, 3.63) is 0 Å². The number of methoxy groups -OCH3 is 1. The van der Waals surface area contributed by atoms with E-state index in [4.69, 9.17) is 26.2 Å². The van der Waals surface area contributed by atoms with Crippen LogP contribution >= 0.6 is 11.8 Å². The van der Waals surface area contributed by atoms with E-state index >= 15 is 0 Å². The van der Waals surface area contributed by atoms with Crippen LogP contribution in [0, 0.1) is 124 Å². The molecule has 8 N–H and O–H groups in total. The number of aliphatic hydroxyl groups excluding tert-OH is 6. The van der Waals surface area contributed by atoms with Crippen molar-refractivity contribution in [3.63, 3.8) is 0 Å². The monoisotopic (exact) mass is 1420 g/mol. The standard InChI is InChI=1S/C9H18O2.C9H18O.C9H20O.C8H15F3.C8H17NO.C8H18OS.3C8H18O.C8H18/c1-5-6-8(7(2)3)9(10)11-4;1-7(2)9(6-10)5-8-3-4-8;1-7(2)5-9(6-10)8(3)4;1-4-5-7(6(2)3)8(9,10)11;1-4-5-7(6(2)3)8(9)10;1-7(2)8(6-9)4-5-10-3;1-5-7(4)8(9)6(2)3;1-4-5-8(6-9)7(2)3;1-4-5-6-8(9)7(2)3;1-5-6-8(4)7(2)3/h7-8H,5-6H2,1-4H3;7-10H,3-6H2,1-2H3;7-10H,5-6H2,1-4H3;6-7H,4-5H2,1-3H3;6-7H,4-5H2,1-3H3,(H2,9,10);7-9H,4-6H2,1-3H3;6-9H,5H2,1-4H3;2*7-9H,4-6H2,1-3H3;7-8H,5-6H2,1-4H3/t8-;2*9-;2*7-;8-;7-,8+;3*8-/m0110010100/s1. The largest absolute Gasteiger partial charge is 0.469 e. The zero-order chi connectivity index (χ0) is 78.3. The van der Waals surface area contributed by atoms with Crippen molar-refractivity contribution in [3.8, 4) is 0 Å². The molecule has 0 spiro atoms. The quantitative estimate of drug-likeness (QED) is 0.0293. The van der Waals surface area contributed by atoms with Gasteiger partial charge >= 0.3 is 12.1 Å². The maximum Gasteiger partial charge on any atom is 0.392 e. The SMILES string of the molecule is CC(C)C[C@H](CO)C(C)C.CC(C)[C@@H](CO)CC1CC1.CCCC[C@H](O)C(C)C.CCC[C@@H](C(C)C)C(F)(F)F.CCC[C@H](C(=O)OC)C(C)C.CCC[C@H](C(N)=O)C(C)C.CCC[C@H](C)C(C)C.CCC[C@H](CO)C(C)C.CC[C@H](C)[C@H](O)C(C)C.CSCC[C@H](CO)C(C)C. The van der Waals surface area contributed by atoms with Gasteiger partial charge in [-0.15, -0.1) is 0 Å². The lowest BCUT2D eigenvalue weighted by Crippen LogP contribution is -2.27. The number of halogens is 3. The van der Waals surface area contributed by atoms with E-state index in [1.807, 2.05) is 25.6 Å². The summed E-state index contributed by atoms with van der Waals surface area (Å²) in [5.41, 5.74) is 5.18. The van der Waals surface area contributed by atoms with Crippen LogP contribution < -0.4 is 5.73 Å². The van der Waals surface area contributed by atoms with Crippen LogP contribution in [0.15, 0.2) is 0 Å². The number of unbranched alkanes of at least 4 members (excludes halogenated alkanes) is 1. The maximum absolute atomic E-state index is 12.2. The highest BCUT2D eigenvalue weighted by atomic mass is 32.2. The number of esters is 1. The summed E-state index contributed by atoms with van der Waals surface area (Å²) in [6, 6.07) is 0. The Balaban J connectivity index is -0.000000127. The number of carbonyl (C=O) groups excluding carboxylic acids is 2. The van der Waals surface area contributed by atoms with Gasteiger partial charge in [-0.2, -0.15) is 24.9 Å². The Morgan fingerprint density at radius 2 is 0.856 bits per heavy atom. The highest BCUT2D eigenvalue weighted by molar-refractivity contribution is 7.98. The summed E-state index contributed by atoms with van der Waals surface area (Å²) < 4.78 is 41.2. The first-order chi connectivity index (χ1) is 44.8. The third kappa shape index (κ3) is 77.3. The summed E-state index contributed by atoms with van der Waals surface area (Å²) in [5, 5.41) is 54.3. The lowest BCUT2D eigenvalue weighted by atomic mass is 9.88. The number of ether oxygens (including phenoxy) is 1. The molecule has 0 aromatic rings. The van der Waals surface area contributed by atoms with Crippen LogP contribution in [0.3, 0.4) is 0 Å². The van der Waals surface area contributed by atoms with E-state index in [0.717, 1.165) is 82.0 Å². The van der Waals surface area contributed by atoms with Crippen LogP contribution in [0.1, 0.15) is 337 Å². The molecule has 0 bridgehead atoms.